The van der Waals surface area contributed by atoms with Gasteiger partial charge in [0, 0.05) is 44.1 Å². The third kappa shape index (κ3) is 4.69. The lowest BCUT2D eigenvalue weighted by atomic mass is 9.83. The van der Waals surface area contributed by atoms with Crippen LogP contribution in [0.4, 0.5) is 17.5 Å². The number of nitrogens with one attached hydrogen (secondary N) is 2. The highest BCUT2D eigenvalue weighted by Crippen LogP contribution is 2.43. The SMILES string of the molecule is Cc1nn(C2CCN(C)C2)cc1Nc1ncc(C2CC2)c(NCCCN2CC(C)(C)C2=O)n1. The van der Waals surface area contributed by atoms with Gasteiger partial charge in [0.05, 0.1) is 22.8 Å². The maximum absolute atomic E-state index is 12.1. The Morgan fingerprint density at radius 2 is 2.06 bits per heavy atom. The van der Waals surface area contributed by atoms with Crippen LogP contribution >= 0.6 is 0 Å². The maximum atomic E-state index is 12.1. The summed E-state index contributed by atoms with van der Waals surface area (Å²) in [6.45, 7) is 10.6. The zero-order valence-electron chi connectivity index (χ0n) is 20.3. The highest BCUT2D eigenvalue weighted by Gasteiger charge is 2.43. The van der Waals surface area contributed by atoms with Crippen LogP contribution in [0.15, 0.2) is 12.4 Å². The summed E-state index contributed by atoms with van der Waals surface area (Å²) in [7, 11) is 2.15. The van der Waals surface area contributed by atoms with Crippen molar-refractivity contribution in [2.24, 2.45) is 5.41 Å². The number of aryl methyl sites for hydroxylation is 1. The van der Waals surface area contributed by atoms with E-state index in [0.717, 1.165) is 62.8 Å². The molecule has 0 aromatic carbocycles. The van der Waals surface area contributed by atoms with Gasteiger partial charge in [-0.2, -0.15) is 10.1 Å². The van der Waals surface area contributed by atoms with Crippen molar-refractivity contribution in [2.45, 2.75) is 58.4 Å². The smallest absolute Gasteiger partial charge is 0.230 e. The summed E-state index contributed by atoms with van der Waals surface area (Å²) < 4.78 is 2.08. The van der Waals surface area contributed by atoms with Gasteiger partial charge in [0.2, 0.25) is 11.9 Å². The van der Waals surface area contributed by atoms with Crippen molar-refractivity contribution in [2.75, 3.05) is 50.4 Å². The summed E-state index contributed by atoms with van der Waals surface area (Å²) >= 11 is 0. The van der Waals surface area contributed by atoms with Crippen LogP contribution in [0.3, 0.4) is 0 Å². The fourth-order valence-corrected chi connectivity index (χ4v) is 4.94. The molecule has 0 bridgehead atoms. The average Bonchev–Trinajstić information content (AvgIpc) is 3.44. The number of likely N-dealkylation sites (tertiary alicyclic amines) is 2. The van der Waals surface area contributed by atoms with Crippen molar-refractivity contribution in [3.05, 3.63) is 23.7 Å². The number of hydrogen-bond donors (Lipinski definition) is 2. The average molecular weight is 453 g/mol. The van der Waals surface area contributed by atoms with Gasteiger partial charge in [-0.05, 0) is 66.0 Å². The summed E-state index contributed by atoms with van der Waals surface area (Å²) in [6, 6.07) is 0.420. The lowest BCUT2D eigenvalue weighted by Gasteiger charge is -2.44. The predicted molar refractivity (Wildman–Crippen MR) is 129 cm³/mol. The number of rotatable bonds is 9. The van der Waals surface area contributed by atoms with Gasteiger partial charge in [-0.3, -0.25) is 9.48 Å². The molecular formula is C24H36N8O. The van der Waals surface area contributed by atoms with Crippen molar-refractivity contribution in [3.63, 3.8) is 0 Å². The largest absolute Gasteiger partial charge is 0.370 e. The standard InChI is InChI=1S/C24H36N8O/c1-16-20(14-32(29-16)18-8-11-30(4)13-18)27-23-26-12-19(17-6-7-17)21(28-23)25-9-5-10-31-15-24(2,3)22(31)33/h12,14,17-18H,5-11,13,15H2,1-4H3,(H2,25,26,27,28). The minimum absolute atomic E-state index is 0.181. The van der Waals surface area contributed by atoms with E-state index in [-0.39, 0.29) is 11.3 Å². The normalized spacial score (nSPS) is 22.5. The van der Waals surface area contributed by atoms with E-state index >= 15 is 0 Å². The molecule has 1 aliphatic carbocycles. The van der Waals surface area contributed by atoms with Crippen molar-refractivity contribution >= 4 is 23.4 Å². The van der Waals surface area contributed by atoms with Gasteiger partial charge >= 0.3 is 0 Å². The second kappa shape index (κ2) is 8.59. The van der Waals surface area contributed by atoms with E-state index in [1.165, 1.54) is 18.4 Å². The van der Waals surface area contributed by atoms with E-state index in [0.29, 0.717) is 17.9 Å². The van der Waals surface area contributed by atoms with Crippen molar-refractivity contribution in [1.82, 2.24) is 29.5 Å². The van der Waals surface area contributed by atoms with Gasteiger partial charge in [0.1, 0.15) is 5.82 Å². The van der Waals surface area contributed by atoms with E-state index < -0.39 is 0 Å². The third-order valence-electron chi connectivity index (χ3n) is 7.09. The highest BCUT2D eigenvalue weighted by atomic mass is 16.2. The molecule has 2 aliphatic heterocycles. The van der Waals surface area contributed by atoms with Gasteiger partial charge in [0.15, 0.2) is 0 Å². The zero-order chi connectivity index (χ0) is 23.2. The number of amides is 1. The van der Waals surface area contributed by atoms with Gasteiger partial charge in [0.25, 0.3) is 0 Å². The Hall–Kier alpha value is -2.68. The van der Waals surface area contributed by atoms with Crippen molar-refractivity contribution < 1.29 is 4.79 Å². The monoisotopic (exact) mass is 452 g/mol. The molecule has 3 fully saturated rings. The molecule has 1 amide bonds. The summed E-state index contributed by atoms with van der Waals surface area (Å²) in [5.41, 5.74) is 2.92. The molecule has 1 saturated carbocycles. The first kappa shape index (κ1) is 22.1. The molecule has 2 aromatic rings. The Balaban J connectivity index is 1.22. The molecule has 9 nitrogen and oxygen atoms in total. The molecule has 0 spiro atoms. The van der Waals surface area contributed by atoms with Crippen LogP contribution in [0.2, 0.25) is 0 Å². The second-order valence-electron chi connectivity index (χ2n) is 10.6. The van der Waals surface area contributed by atoms with Gasteiger partial charge in [-0.25, -0.2) is 4.98 Å². The van der Waals surface area contributed by atoms with Crippen LogP contribution in [0, 0.1) is 12.3 Å². The van der Waals surface area contributed by atoms with E-state index in [9.17, 15) is 4.79 Å². The summed E-state index contributed by atoms with van der Waals surface area (Å²) in [6.07, 6.45) is 8.46. The van der Waals surface area contributed by atoms with Crippen LogP contribution in [0.5, 0.6) is 0 Å². The summed E-state index contributed by atoms with van der Waals surface area (Å²) in [5, 5.41) is 11.6. The van der Waals surface area contributed by atoms with E-state index in [2.05, 4.69) is 38.4 Å². The first-order valence-corrected chi connectivity index (χ1v) is 12.2. The molecule has 9 heteroatoms. The molecule has 2 saturated heterocycles. The molecule has 1 unspecified atom stereocenters. The first-order valence-electron chi connectivity index (χ1n) is 12.2. The Morgan fingerprint density at radius 1 is 1.24 bits per heavy atom. The number of nitrogens with zero attached hydrogens (tertiary/aromatic N) is 6. The Labute approximate surface area is 196 Å². The fourth-order valence-electron chi connectivity index (χ4n) is 4.94. The fraction of sp³-hybridized carbons (Fsp3) is 0.667. The van der Waals surface area contributed by atoms with Gasteiger partial charge in [-0.15, -0.1) is 0 Å². The van der Waals surface area contributed by atoms with Crippen LogP contribution in [-0.4, -0.2) is 75.2 Å². The zero-order valence-corrected chi connectivity index (χ0v) is 20.3. The van der Waals surface area contributed by atoms with Gasteiger partial charge < -0.3 is 20.4 Å². The number of carbonyl (C=O) groups excluding carboxylic acids is 1. The number of likely N-dealkylation sites (N-methyl/N-ethyl adjacent to an activating group) is 1. The van der Waals surface area contributed by atoms with Gasteiger partial charge in [-0.1, -0.05) is 0 Å². The van der Waals surface area contributed by atoms with E-state index in [1.54, 1.807) is 0 Å². The number of aromatic nitrogens is 4. The molecular weight excluding hydrogens is 416 g/mol. The predicted octanol–water partition coefficient (Wildman–Crippen LogP) is 3.15. The maximum Gasteiger partial charge on any atom is 0.230 e. The quantitative estimate of drug-likeness (QED) is 0.446. The molecule has 5 rings (SSSR count). The van der Waals surface area contributed by atoms with Crippen molar-refractivity contribution in [1.29, 1.82) is 0 Å². The van der Waals surface area contributed by atoms with Crippen LogP contribution in [-0.2, 0) is 4.79 Å². The summed E-state index contributed by atoms with van der Waals surface area (Å²) in [5.74, 6) is 2.32. The Bertz CT molecular complexity index is 1030. The van der Waals surface area contributed by atoms with E-state index in [1.807, 2.05) is 31.9 Å². The number of carbonyl (C=O) groups is 1. The number of β-lactam (4-membered cyclic amide) rings is 1. The summed E-state index contributed by atoms with van der Waals surface area (Å²) in [4.78, 5) is 25.8. The molecule has 4 heterocycles. The molecule has 1 atom stereocenters. The van der Waals surface area contributed by atoms with Crippen LogP contribution in [0.25, 0.3) is 0 Å². The van der Waals surface area contributed by atoms with Crippen LogP contribution < -0.4 is 10.6 Å². The highest BCUT2D eigenvalue weighted by molar-refractivity contribution is 5.87. The lowest BCUT2D eigenvalue weighted by Crippen LogP contribution is -2.58. The Kier molecular flexibility index (Phi) is 5.76. The topological polar surface area (TPSA) is 91.2 Å². The van der Waals surface area contributed by atoms with Crippen molar-refractivity contribution in [3.8, 4) is 0 Å². The molecule has 178 valence electrons. The first-order chi connectivity index (χ1) is 15.8. The third-order valence-corrected chi connectivity index (χ3v) is 7.09. The second-order valence-corrected chi connectivity index (χ2v) is 10.6. The van der Waals surface area contributed by atoms with E-state index in [4.69, 9.17) is 10.1 Å². The number of hydrogen-bond acceptors (Lipinski definition) is 7. The molecule has 0 radical (unpaired) electrons. The minimum Gasteiger partial charge on any atom is -0.370 e. The molecule has 2 N–H and O–H groups in total. The molecule has 2 aromatic heterocycles. The Morgan fingerprint density at radius 3 is 2.73 bits per heavy atom. The molecule has 3 aliphatic rings. The number of anilines is 3. The lowest BCUT2D eigenvalue weighted by molar-refractivity contribution is -0.156. The van der Waals surface area contributed by atoms with Crippen LogP contribution in [0.1, 0.15) is 62.7 Å². The molecule has 33 heavy (non-hydrogen) atoms. The minimum atomic E-state index is -0.181.